The van der Waals surface area contributed by atoms with Gasteiger partial charge in [0.1, 0.15) is 23.2 Å². The Morgan fingerprint density at radius 1 is 1.20 bits per heavy atom. The number of thioether (sulfide) groups is 1. The van der Waals surface area contributed by atoms with Gasteiger partial charge in [0.2, 0.25) is 12.3 Å². The zero-order valence-electron chi connectivity index (χ0n) is 24.5. The highest BCUT2D eigenvalue weighted by atomic mass is 32.2. The van der Waals surface area contributed by atoms with Gasteiger partial charge in [-0.05, 0) is 54.9 Å². The van der Waals surface area contributed by atoms with Gasteiger partial charge in [-0.25, -0.2) is 18.8 Å². The molecule has 9 nitrogen and oxygen atoms in total. The summed E-state index contributed by atoms with van der Waals surface area (Å²) >= 11 is 1.63. The van der Waals surface area contributed by atoms with Gasteiger partial charge in [0, 0.05) is 36.4 Å². The number of hydrogen-bond acceptors (Lipinski definition) is 9. The van der Waals surface area contributed by atoms with E-state index in [4.69, 9.17) is 9.98 Å². The number of carbonyl (C=O) groups excluding carboxylic acids is 1. The van der Waals surface area contributed by atoms with Gasteiger partial charge in [0.05, 0.1) is 34.6 Å². The fourth-order valence-corrected chi connectivity index (χ4v) is 7.47. The largest absolute Gasteiger partial charge is 0.384 e. The van der Waals surface area contributed by atoms with E-state index < -0.39 is 18.0 Å². The highest BCUT2D eigenvalue weighted by molar-refractivity contribution is 7.99. The average Bonchev–Trinajstić information content (AvgIpc) is 3.81. The molecule has 2 fully saturated rings. The van der Waals surface area contributed by atoms with Crippen LogP contribution in [-0.2, 0) is 4.79 Å². The van der Waals surface area contributed by atoms with Crippen molar-refractivity contribution < 1.29 is 18.7 Å². The van der Waals surface area contributed by atoms with Gasteiger partial charge in [-0.2, -0.15) is 0 Å². The third kappa shape index (κ3) is 4.71. The Balaban J connectivity index is 1.44. The molecule has 0 radical (unpaired) electrons. The Hall–Kier alpha value is -4.03. The molecule has 3 atom stereocenters. The molecule has 12 heteroatoms. The topological polar surface area (TPSA) is 97.2 Å². The lowest BCUT2D eigenvalue weighted by atomic mass is 10.0. The van der Waals surface area contributed by atoms with Gasteiger partial charge in [0.15, 0.2) is 5.82 Å². The SMILES string of the molecule is C=CC(=O)N1CCN(C2=NC(O)N3c4nc(c(F)cc42)-c2c(F)cccc2NCCCSc2ccnc(C(C)C)c23)C2C[C@H]21. The van der Waals surface area contributed by atoms with Crippen molar-refractivity contribution in [1.82, 2.24) is 19.8 Å². The number of aliphatic hydroxyl groups is 1. The molecule has 3 aliphatic heterocycles. The van der Waals surface area contributed by atoms with Crippen molar-refractivity contribution in [3.8, 4) is 11.3 Å². The Labute approximate surface area is 258 Å². The molecule has 1 amide bonds. The molecule has 44 heavy (non-hydrogen) atoms. The molecule has 2 unspecified atom stereocenters. The Morgan fingerprint density at radius 3 is 2.84 bits per heavy atom. The second-order valence-electron chi connectivity index (χ2n) is 11.6. The smallest absolute Gasteiger partial charge is 0.246 e. The van der Waals surface area contributed by atoms with Crippen LogP contribution in [0.2, 0.25) is 0 Å². The van der Waals surface area contributed by atoms with Crippen LogP contribution in [0, 0.1) is 11.6 Å². The number of halogens is 2. The number of pyridine rings is 2. The Morgan fingerprint density at radius 2 is 2.05 bits per heavy atom. The number of nitrogens with one attached hydrogen (secondary N) is 1. The van der Waals surface area contributed by atoms with Crippen molar-refractivity contribution in [3.05, 3.63) is 72.1 Å². The third-order valence-electron chi connectivity index (χ3n) is 8.58. The van der Waals surface area contributed by atoms with Gasteiger partial charge >= 0.3 is 0 Å². The summed E-state index contributed by atoms with van der Waals surface area (Å²) in [5.74, 6) is -0.0186. The summed E-state index contributed by atoms with van der Waals surface area (Å²) < 4.78 is 31.7. The zero-order chi connectivity index (χ0) is 30.7. The van der Waals surface area contributed by atoms with Crippen molar-refractivity contribution in [2.45, 2.75) is 55.9 Å². The predicted molar refractivity (Wildman–Crippen MR) is 167 cm³/mol. The molecule has 1 saturated carbocycles. The fraction of sp³-hybridized carbons (Fsp3) is 0.375. The normalized spacial score (nSPS) is 22.4. The van der Waals surface area contributed by atoms with Crippen molar-refractivity contribution in [2.75, 3.05) is 35.6 Å². The summed E-state index contributed by atoms with van der Waals surface area (Å²) in [6.45, 7) is 9.11. The molecule has 4 aliphatic rings. The summed E-state index contributed by atoms with van der Waals surface area (Å²) in [6.07, 6.45) is 3.16. The van der Waals surface area contributed by atoms with Crippen molar-refractivity contribution in [1.29, 1.82) is 0 Å². The highest BCUT2D eigenvalue weighted by Crippen LogP contribution is 2.46. The maximum atomic E-state index is 16.2. The number of benzene rings is 1. The van der Waals surface area contributed by atoms with Gasteiger partial charge in [-0.3, -0.25) is 14.7 Å². The van der Waals surface area contributed by atoms with E-state index >= 15 is 8.78 Å². The monoisotopic (exact) mass is 617 g/mol. The first kappa shape index (κ1) is 28.7. The van der Waals surface area contributed by atoms with Crippen LogP contribution in [0.4, 0.5) is 26.0 Å². The van der Waals surface area contributed by atoms with Crippen molar-refractivity contribution >= 4 is 40.7 Å². The number of rotatable bonds is 2. The summed E-state index contributed by atoms with van der Waals surface area (Å²) in [6, 6.07) is 7.81. The molecule has 7 rings (SSSR count). The van der Waals surface area contributed by atoms with E-state index in [0.29, 0.717) is 42.4 Å². The fourth-order valence-electron chi connectivity index (χ4n) is 6.46. The molecule has 2 N–H and O–H groups in total. The molecule has 3 aromatic rings. The first-order valence-corrected chi connectivity index (χ1v) is 15.9. The van der Waals surface area contributed by atoms with E-state index in [-0.39, 0.29) is 41.0 Å². The van der Waals surface area contributed by atoms with Crippen LogP contribution in [0.25, 0.3) is 11.3 Å². The van der Waals surface area contributed by atoms with Gasteiger partial charge < -0.3 is 20.2 Å². The summed E-state index contributed by atoms with van der Waals surface area (Å²) in [7, 11) is 0. The maximum Gasteiger partial charge on any atom is 0.246 e. The van der Waals surface area contributed by atoms with Crippen molar-refractivity contribution in [3.63, 3.8) is 0 Å². The van der Waals surface area contributed by atoms with Crippen LogP contribution in [0.5, 0.6) is 0 Å². The summed E-state index contributed by atoms with van der Waals surface area (Å²) in [5, 5.41) is 15.1. The highest BCUT2D eigenvalue weighted by Gasteiger charge is 2.52. The van der Waals surface area contributed by atoms with Gasteiger partial charge in [-0.15, -0.1) is 11.8 Å². The van der Waals surface area contributed by atoms with Crippen molar-refractivity contribution in [2.24, 2.45) is 4.99 Å². The molecule has 1 aliphatic carbocycles. The van der Waals surface area contributed by atoms with Crippen LogP contribution in [0.15, 0.2) is 59.1 Å². The number of aliphatic imine (C=N–C) groups is 1. The van der Waals surface area contributed by atoms with Crippen LogP contribution >= 0.6 is 11.8 Å². The molecular formula is C32H33F2N7O2S. The second-order valence-corrected chi connectivity index (χ2v) is 12.8. The van der Waals surface area contributed by atoms with E-state index in [1.807, 2.05) is 24.8 Å². The standard InChI is InChI=1S/C32H33F2N7O2S/c1-4-25(42)39-12-13-40(23-16-22(23)39)30-18-15-20(34)28-26-19(33)7-5-8-21(26)35-10-6-14-44-24-9-11-36-27(17(2)3)29(24)41(31(18)37-28)32(43)38-30/h4-5,7-9,11,15,17,22-23,32,35,43H,1,6,10,12-14,16H2,2-3H3/t22-,23?,32?/m1/s1. The van der Waals surface area contributed by atoms with E-state index in [9.17, 15) is 9.90 Å². The lowest BCUT2D eigenvalue weighted by molar-refractivity contribution is -0.127. The lowest BCUT2D eigenvalue weighted by Gasteiger charge is -2.40. The van der Waals surface area contributed by atoms with Crippen LogP contribution in [0.1, 0.15) is 43.9 Å². The van der Waals surface area contributed by atoms with E-state index in [0.717, 1.165) is 29.2 Å². The first-order chi connectivity index (χ1) is 21.3. The number of amides is 1. The van der Waals surface area contributed by atoms with Gasteiger partial charge in [-0.1, -0.05) is 26.5 Å². The number of fused-ring (bicyclic) bond motifs is 6. The number of hydrogen-bond donors (Lipinski definition) is 2. The predicted octanol–water partition coefficient (Wildman–Crippen LogP) is 5.10. The number of aliphatic hydroxyl groups excluding tert-OH is 1. The molecule has 1 aromatic carbocycles. The van der Waals surface area contributed by atoms with E-state index in [2.05, 4.69) is 16.9 Å². The number of piperazine rings is 1. The second kappa shape index (κ2) is 11.2. The molecule has 2 aromatic heterocycles. The first-order valence-electron chi connectivity index (χ1n) is 14.9. The minimum atomic E-state index is -1.40. The number of carbonyl (C=O) groups is 1. The average molecular weight is 618 g/mol. The van der Waals surface area contributed by atoms with Crippen LogP contribution < -0.4 is 10.2 Å². The Bertz CT molecular complexity index is 1700. The molecule has 5 heterocycles. The van der Waals surface area contributed by atoms with Gasteiger partial charge in [0.25, 0.3) is 0 Å². The van der Waals surface area contributed by atoms with E-state index in [1.165, 1.54) is 18.2 Å². The van der Waals surface area contributed by atoms with Crippen LogP contribution in [0.3, 0.4) is 0 Å². The number of amidine groups is 1. The Kier molecular flexibility index (Phi) is 7.28. The lowest BCUT2D eigenvalue weighted by Crippen LogP contribution is -2.52. The minimum absolute atomic E-state index is 0.00953. The third-order valence-corrected chi connectivity index (χ3v) is 9.71. The number of nitrogens with zero attached hydrogens (tertiary/aromatic N) is 6. The van der Waals surface area contributed by atoms with E-state index in [1.54, 1.807) is 39.9 Å². The maximum absolute atomic E-state index is 16.2. The minimum Gasteiger partial charge on any atom is -0.384 e. The summed E-state index contributed by atoms with van der Waals surface area (Å²) in [5.41, 5.74) is 2.11. The zero-order valence-corrected chi connectivity index (χ0v) is 25.3. The molecule has 1 saturated heterocycles. The van der Waals surface area contributed by atoms with Crippen LogP contribution in [-0.4, -0.2) is 80.4 Å². The quantitative estimate of drug-likeness (QED) is 0.384. The number of anilines is 3. The molecular weight excluding hydrogens is 584 g/mol. The summed E-state index contributed by atoms with van der Waals surface area (Å²) in [4.78, 5) is 33.0. The molecule has 2 bridgehead atoms. The number of aromatic nitrogens is 2. The molecule has 0 spiro atoms. The molecule has 228 valence electrons.